The van der Waals surface area contributed by atoms with E-state index in [1.54, 1.807) is 0 Å². The minimum absolute atomic E-state index is 0.946. The third-order valence-corrected chi connectivity index (χ3v) is 8.50. The lowest BCUT2D eigenvalue weighted by atomic mass is 10.2. The van der Waals surface area contributed by atoms with Crippen LogP contribution in [-0.4, -0.2) is 14.5 Å². The second-order valence-corrected chi connectivity index (χ2v) is 10.9. The van der Waals surface area contributed by atoms with Crippen molar-refractivity contribution < 1.29 is 4.53 Å². The van der Waals surface area contributed by atoms with E-state index in [0.29, 0.717) is 0 Å². The molecule has 0 radical (unpaired) electrons. The van der Waals surface area contributed by atoms with Crippen molar-refractivity contribution in [1.29, 1.82) is 0 Å². The molecule has 0 saturated heterocycles. The molecule has 0 aromatic heterocycles. The number of hydrogen-bond acceptors (Lipinski definition) is 2. The second-order valence-electron chi connectivity index (χ2n) is 7.34. The molecular weight excluding hydrogens is 358 g/mol. The van der Waals surface area contributed by atoms with Crippen molar-refractivity contribution in [3.63, 3.8) is 0 Å². The number of nitrogens with zero attached hydrogens (tertiary/aromatic N) is 1. The van der Waals surface area contributed by atoms with Gasteiger partial charge >= 0.3 is 0 Å². The van der Waals surface area contributed by atoms with Gasteiger partial charge in [0, 0.05) is 24.3 Å². The summed E-state index contributed by atoms with van der Waals surface area (Å²) < 4.78 is 6.45. The maximum atomic E-state index is 6.45. The summed E-state index contributed by atoms with van der Waals surface area (Å²) in [5, 5.41) is 4.46. The summed E-state index contributed by atoms with van der Waals surface area (Å²) in [7, 11) is -2.27. The molecule has 144 valence electrons. The number of unbranched alkanes of at least 4 members (excludes halogenated alkanes) is 1. The highest BCUT2D eigenvalue weighted by atomic mass is 28.4. The highest BCUT2D eigenvalue weighted by Crippen LogP contribution is 2.24. The largest absolute Gasteiger partial charge is 0.454 e. The van der Waals surface area contributed by atoms with E-state index in [1.807, 2.05) is 6.21 Å². The molecule has 2 nitrogen and oxygen atoms in total. The number of benzene rings is 3. The van der Waals surface area contributed by atoms with Crippen molar-refractivity contribution in [3.8, 4) is 0 Å². The van der Waals surface area contributed by atoms with E-state index < -0.39 is 8.32 Å². The van der Waals surface area contributed by atoms with Crippen molar-refractivity contribution in [2.75, 3.05) is 0 Å². The van der Waals surface area contributed by atoms with Gasteiger partial charge in [-0.3, -0.25) is 0 Å². The van der Waals surface area contributed by atoms with Gasteiger partial charge in [0.05, 0.1) is 0 Å². The molecule has 0 aliphatic rings. The molecule has 3 aromatic carbocycles. The Bertz CT molecular complexity index is 733. The molecule has 3 rings (SSSR count). The maximum absolute atomic E-state index is 6.45. The zero-order valence-electron chi connectivity index (χ0n) is 16.6. The smallest absolute Gasteiger partial charge is 0.300 e. The molecule has 0 unspecified atom stereocenters. The van der Waals surface area contributed by atoms with Gasteiger partial charge in [-0.2, -0.15) is 0 Å². The van der Waals surface area contributed by atoms with Crippen molar-refractivity contribution in [2.45, 2.75) is 37.9 Å². The van der Waals surface area contributed by atoms with Crippen LogP contribution < -0.4 is 0 Å². The van der Waals surface area contributed by atoms with Crippen LogP contribution in [0.15, 0.2) is 96.2 Å². The molecule has 3 heteroatoms. The zero-order chi connectivity index (χ0) is 19.5. The van der Waals surface area contributed by atoms with Crippen LogP contribution in [0.3, 0.4) is 0 Å². The molecule has 0 aliphatic carbocycles. The fourth-order valence-electron chi connectivity index (χ4n) is 3.52. The van der Waals surface area contributed by atoms with Gasteiger partial charge in [0.2, 0.25) is 0 Å². The molecule has 0 aliphatic heterocycles. The lowest BCUT2D eigenvalue weighted by molar-refractivity contribution is 0.318. The van der Waals surface area contributed by atoms with Crippen LogP contribution in [0, 0.1) is 0 Å². The third kappa shape index (κ3) is 6.21. The van der Waals surface area contributed by atoms with E-state index in [4.69, 9.17) is 4.53 Å². The van der Waals surface area contributed by atoms with Crippen LogP contribution in [0.25, 0.3) is 0 Å². The topological polar surface area (TPSA) is 21.6 Å². The normalized spacial score (nSPS) is 11.6. The molecule has 0 atom stereocenters. The molecule has 28 heavy (non-hydrogen) atoms. The molecule has 0 fully saturated rings. The van der Waals surface area contributed by atoms with Crippen molar-refractivity contribution in [2.24, 2.45) is 5.16 Å². The Hall–Kier alpha value is -2.65. The highest BCUT2D eigenvalue weighted by Gasteiger charge is 2.39. The van der Waals surface area contributed by atoms with Crippen molar-refractivity contribution in [3.05, 3.63) is 108 Å². The Morgan fingerprint density at radius 1 is 0.679 bits per heavy atom. The molecule has 0 heterocycles. The van der Waals surface area contributed by atoms with Crippen LogP contribution in [0.5, 0.6) is 0 Å². The molecule has 0 saturated carbocycles. The van der Waals surface area contributed by atoms with Gasteiger partial charge in [0.15, 0.2) is 0 Å². The van der Waals surface area contributed by atoms with Gasteiger partial charge in [-0.15, -0.1) is 5.16 Å². The quantitative estimate of drug-likeness (QED) is 0.235. The summed E-state index contributed by atoms with van der Waals surface area (Å²) in [6, 6.07) is 34.9. The SMILES string of the molecule is CCCC=NO[Si](Cc1ccccc1)(Cc1ccccc1)Cc1ccccc1. The average molecular weight is 388 g/mol. The van der Waals surface area contributed by atoms with E-state index >= 15 is 0 Å². The monoisotopic (exact) mass is 387 g/mol. The Labute approximate surface area is 170 Å². The summed E-state index contributed by atoms with van der Waals surface area (Å²) in [5.74, 6) is 0. The molecule has 0 spiro atoms. The van der Waals surface area contributed by atoms with Crippen molar-refractivity contribution in [1.82, 2.24) is 0 Å². The predicted octanol–water partition coefficient (Wildman–Crippen LogP) is 6.08. The lowest BCUT2D eigenvalue weighted by Crippen LogP contribution is -2.46. The summed E-state index contributed by atoms with van der Waals surface area (Å²) in [6.45, 7) is 2.16. The Morgan fingerprint density at radius 3 is 1.43 bits per heavy atom. The first kappa shape index (κ1) is 20.1. The zero-order valence-corrected chi connectivity index (χ0v) is 17.6. The van der Waals surface area contributed by atoms with Gasteiger partial charge in [0.1, 0.15) is 0 Å². The van der Waals surface area contributed by atoms with Crippen LogP contribution in [0.2, 0.25) is 0 Å². The fourth-order valence-corrected chi connectivity index (χ4v) is 7.32. The Kier molecular flexibility index (Phi) is 7.62. The molecule has 0 N–H and O–H groups in total. The van der Waals surface area contributed by atoms with Crippen LogP contribution >= 0.6 is 0 Å². The van der Waals surface area contributed by atoms with E-state index in [9.17, 15) is 0 Å². The molecular formula is C25H29NOSi. The van der Waals surface area contributed by atoms with E-state index in [-0.39, 0.29) is 0 Å². The van der Waals surface area contributed by atoms with Crippen LogP contribution in [0.4, 0.5) is 0 Å². The molecule has 0 amide bonds. The fraction of sp³-hybridized carbons (Fsp3) is 0.240. The summed E-state index contributed by atoms with van der Waals surface area (Å²) >= 11 is 0. The first-order valence-electron chi connectivity index (χ1n) is 10.1. The number of rotatable bonds is 10. The third-order valence-electron chi connectivity index (χ3n) is 4.85. The molecule has 0 bridgehead atoms. The second kappa shape index (κ2) is 10.6. The minimum atomic E-state index is -2.27. The van der Waals surface area contributed by atoms with Gasteiger partial charge in [-0.1, -0.05) is 104 Å². The van der Waals surface area contributed by atoms with Gasteiger partial charge in [-0.05, 0) is 23.1 Å². The summed E-state index contributed by atoms with van der Waals surface area (Å²) in [4.78, 5) is 0. The average Bonchev–Trinajstić information content (AvgIpc) is 2.73. The minimum Gasteiger partial charge on any atom is -0.454 e. The number of hydrogen-bond donors (Lipinski definition) is 0. The van der Waals surface area contributed by atoms with E-state index in [0.717, 1.165) is 31.0 Å². The Morgan fingerprint density at radius 2 is 1.07 bits per heavy atom. The van der Waals surface area contributed by atoms with E-state index in [2.05, 4.69) is 103 Å². The number of oxime groups is 1. The van der Waals surface area contributed by atoms with Gasteiger partial charge in [-0.25, -0.2) is 0 Å². The van der Waals surface area contributed by atoms with E-state index in [1.165, 1.54) is 16.7 Å². The lowest BCUT2D eigenvalue weighted by Gasteiger charge is -2.29. The maximum Gasteiger partial charge on any atom is 0.300 e. The van der Waals surface area contributed by atoms with Crippen LogP contribution in [-0.2, 0) is 22.7 Å². The first-order chi connectivity index (χ1) is 13.8. The Balaban J connectivity index is 1.95. The van der Waals surface area contributed by atoms with Crippen LogP contribution in [0.1, 0.15) is 36.5 Å². The van der Waals surface area contributed by atoms with Gasteiger partial charge in [0.25, 0.3) is 8.32 Å². The molecule has 3 aromatic rings. The predicted molar refractivity (Wildman–Crippen MR) is 121 cm³/mol. The highest BCUT2D eigenvalue weighted by molar-refractivity contribution is 6.72. The summed E-state index contributed by atoms with van der Waals surface area (Å²) in [5.41, 5.74) is 3.98. The first-order valence-corrected chi connectivity index (χ1v) is 12.6. The summed E-state index contributed by atoms with van der Waals surface area (Å²) in [6.07, 6.45) is 3.96. The van der Waals surface area contributed by atoms with Crippen molar-refractivity contribution >= 4 is 14.5 Å². The standard InChI is InChI=1S/C25H29NOSi/c1-2-3-19-26-27-28(20-23-13-7-4-8-14-23,21-24-15-9-5-10-16-24)22-25-17-11-6-12-18-25/h4-19H,2-3,20-22H2,1H3. The van der Waals surface area contributed by atoms with Gasteiger partial charge < -0.3 is 4.53 Å².